The van der Waals surface area contributed by atoms with Crippen molar-refractivity contribution in [3.63, 3.8) is 0 Å². The first-order valence-corrected chi connectivity index (χ1v) is 7.08. The quantitative estimate of drug-likeness (QED) is 0.904. The van der Waals surface area contributed by atoms with Gasteiger partial charge >= 0.3 is 0 Å². The minimum Gasteiger partial charge on any atom is -0.366 e. The Hall–Kier alpha value is -1.65. The van der Waals surface area contributed by atoms with Gasteiger partial charge in [0.05, 0.1) is 12.4 Å². The minimum absolute atomic E-state index is 0.00212. The zero-order valence-electron chi connectivity index (χ0n) is 11.7. The molecule has 19 heavy (non-hydrogen) atoms. The van der Waals surface area contributed by atoms with Crippen molar-refractivity contribution in [2.75, 3.05) is 18.4 Å². The largest absolute Gasteiger partial charge is 0.366 e. The fraction of sp³-hybridized carbons (Fsp3) is 0.643. The van der Waals surface area contributed by atoms with Crippen LogP contribution in [-0.2, 0) is 0 Å². The predicted octanol–water partition coefficient (Wildman–Crippen LogP) is 2.31. The summed E-state index contributed by atoms with van der Waals surface area (Å²) >= 11 is 0. The molecule has 0 aliphatic carbocycles. The highest BCUT2D eigenvalue weighted by Crippen LogP contribution is 2.12. The number of carbonyl (C=O) groups is 1. The Morgan fingerprint density at radius 3 is 2.63 bits per heavy atom. The topological polar surface area (TPSA) is 58.1 Å². The molecule has 1 atom stereocenters. The van der Waals surface area contributed by atoms with Crippen molar-refractivity contribution in [1.29, 1.82) is 0 Å². The smallest absolute Gasteiger partial charge is 0.274 e. The van der Waals surface area contributed by atoms with Gasteiger partial charge < -0.3 is 10.2 Å². The number of hydrogen-bond acceptors (Lipinski definition) is 4. The second kappa shape index (κ2) is 6.50. The van der Waals surface area contributed by atoms with E-state index in [2.05, 4.69) is 29.1 Å². The van der Waals surface area contributed by atoms with Gasteiger partial charge in [0.25, 0.3) is 5.91 Å². The molecule has 1 aromatic rings. The third-order valence-corrected chi connectivity index (χ3v) is 3.52. The molecule has 1 aliphatic heterocycles. The molecule has 0 aromatic carbocycles. The maximum Gasteiger partial charge on any atom is 0.274 e. The molecular formula is C14H22N4O. The van der Waals surface area contributed by atoms with Gasteiger partial charge in [0.15, 0.2) is 0 Å². The van der Waals surface area contributed by atoms with Gasteiger partial charge in [-0.2, -0.15) is 0 Å². The lowest BCUT2D eigenvalue weighted by Crippen LogP contribution is -2.36. The van der Waals surface area contributed by atoms with Gasteiger partial charge in [-0.1, -0.05) is 6.92 Å². The minimum atomic E-state index is 0.00212. The monoisotopic (exact) mass is 262 g/mol. The van der Waals surface area contributed by atoms with Gasteiger partial charge in [-0.05, 0) is 32.6 Å². The Morgan fingerprint density at radius 2 is 2.05 bits per heavy atom. The lowest BCUT2D eigenvalue weighted by Gasteiger charge is -2.26. The average Bonchev–Trinajstić information content (AvgIpc) is 2.48. The van der Waals surface area contributed by atoms with Crippen molar-refractivity contribution in [2.24, 2.45) is 0 Å². The van der Waals surface area contributed by atoms with E-state index in [9.17, 15) is 4.79 Å². The van der Waals surface area contributed by atoms with Crippen molar-refractivity contribution in [1.82, 2.24) is 14.9 Å². The molecule has 0 radical (unpaired) electrons. The van der Waals surface area contributed by atoms with Crippen LogP contribution in [0.4, 0.5) is 5.82 Å². The van der Waals surface area contributed by atoms with Crippen LogP contribution < -0.4 is 5.32 Å². The summed E-state index contributed by atoms with van der Waals surface area (Å²) in [5.74, 6) is 0.729. The normalized spacial score (nSPS) is 17.1. The molecule has 1 amide bonds. The molecule has 1 fully saturated rings. The van der Waals surface area contributed by atoms with E-state index in [4.69, 9.17) is 0 Å². The number of hydrogen-bond donors (Lipinski definition) is 1. The van der Waals surface area contributed by atoms with Crippen LogP contribution in [0.1, 0.15) is 50.0 Å². The summed E-state index contributed by atoms with van der Waals surface area (Å²) in [6, 6.07) is 0.359. The molecule has 1 aromatic heterocycles. The zero-order valence-corrected chi connectivity index (χ0v) is 11.7. The Morgan fingerprint density at radius 1 is 1.32 bits per heavy atom. The Kier molecular flexibility index (Phi) is 4.71. The van der Waals surface area contributed by atoms with Crippen LogP contribution in [-0.4, -0.2) is 39.9 Å². The van der Waals surface area contributed by atoms with Crippen molar-refractivity contribution in [2.45, 2.75) is 45.6 Å². The molecule has 2 heterocycles. The van der Waals surface area contributed by atoms with Crippen LogP contribution in [0.5, 0.6) is 0 Å². The highest BCUT2D eigenvalue weighted by Gasteiger charge is 2.19. The third-order valence-electron chi connectivity index (χ3n) is 3.52. The number of aromatic nitrogens is 2. The molecule has 104 valence electrons. The Balaban J connectivity index is 1.99. The summed E-state index contributed by atoms with van der Waals surface area (Å²) in [4.78, 5) is 22.5. The molecule has 5 nitrogen and oxygen atoms in total. The van der Waals surface area contributed by atoms with Gasteiger partial charge in [-0.25, -0.2) is 9.97 Å². The number of likely N-dealkylation sites (tertiary alicyclic amines) is 1. The molecule has 1 N–H and O–H groups in total. The number of piperidine rings is 1. The highest BCUT2D eigenvalue weighted by molar-refractivity contribution is 5.92. The van der Waals surface area contributed by atoms with Crippen molar-refractivity contribution >= 4 is 11.7 Å². The number of amides is 1. The summed E-state index contributed by atoms with van der Waals surface area (Å²) in [6.45, 7) is 5.88. The lowest BCUT2D eigenvalue weighted by molar-refractivity contribution is 0.0718. The van der Waals surface area contributed by atoms with E-state index in [1.807, 2.05) is 4.90 Å². The van der Waals surface area contributed by atoms with Crippen molar-refractivity contribution in [3.8, 4) is 0 Å². The van der Waals surface area contributed by atoms with E-state index in [0.29, 0.717) is 11.7 Å². The molecule has 0 bridgehead atoms. The molecule has 1 saturated heterocycles. The molecule has 2 rings (SSSR count). The summed E-state index contributed by atoms with van der Waals surface area (Å²) in [6.07, 6.45) is 7.63. The van der Waals surface area contributed by atoms with Gasteiger partial charge in [0.2, 0.25) is 0 Å². The number of carbonyl (C=O) groups excluding carboxylic acids is 1. The number of nitrogens with zero attached hydrogens (tertiary/aromatic N) is 3. The van der Waals surface area contributed by atoms with E-state index in [0.717, 1.165) is 38.2 Å². The molecule has 1 unspecified atom stereocenters. The Bertz CT molecular complexity index is 412. The van der Waals surface area contributed by atoms with E-state index in [1.165, 1.54) is 6.42 Å². The van der Waals surface area contributed by atoms with E-state index in [1.54, 1.807) is 12.4 Å². The molecular weight excluding hydrogens is 240 g/mol. The fourth-order valence-corrected chi connectivity index (χ4v) is 2.13. The SMILES string of the molecule is CCC(C)Nc1cnc(C(=O)N2CCCCC2)cn1. The second-order valence-electron chi connectivity index (χ2n) is 5.09. The predicted molar refractivity (Wildman–Crippen MR) is 75.2 cm³/mol. The van der Waals surface area contributed by atoms with Gasteiger partial charge in [0, 0.05) is 19.1 Å². The van der Waals surface area contributed by atoms with Gasteiger partial charge in [-0.3, -0.25) is 4.79 Å². The first-order valence-electron chi connectivity index (χ1n) is 7.08. The van der Waals surface area contributed by atoms with E-state index >= 15 is 0 Å². The van der Waals surface area contributed by atoms with Crippen molar-refractivity contribution in [3.05, 3.63) is 18.1 Å². The average molecular weight is 262 g/mol. The van der Waals surface area contributed by atoms with E-state index < -0.39 is 0 Å². The number of nitrogens with one attached hydrogen (secondary N) is 1. The van der Waals surface area contributed by atoms with Crippen LogP contribution in [0, 0.1) is 0 Å². The van der Waals surface area contributed by atoms with Crippen molar-refractivity contribution < 1.29 is 4.79 Å². The van der Waals surface area contributed by atoms with Crippen LogP contribution in [0.15, 0.2) is 12.4 Å². The van der Waals surface area contributed by atoms with Crippen LogP contribution in [0.2, 0.25) is 0 Å². The summed E-state index contributed by atoms with van der Waals surface area (Å²) in [5, 5.41) is 3.24. The first-order chi connectivity index (χ1) is 9.20. The lowest BCUT2D eigenvalue weighted by atomic mass is 10.1. The Labute approximate surface area is 114 Å². The van der Waals surface area contributed by atoms with Crippen LogP contribution >= 0.6 is 0 Å². The van der Waals surface area contributed by atoms with Gasteiger partial charge in [-0.15, -0.1) is 0 Å². The molecule has 0 saturated carbocycles. The summed E-state index contributed by atoms with van der Waals surface area (Å²) in [7, 11) is 0. The zero-order chi connectivity index (χ0) is 13.7. The van der Waals surface area contributed by atoms with Crippen LogP contribution in [0.3, 0.4) is 0 Å². The van der Waals surface area contributed by atoms with Crippen LogP contribution in [0.25, 0.3) is 0 Å². The first kappa shape index (κ1) is 13.8. The molecule has 0 spiro atoms. The maximum atomic E-state index is 12.2. The number of anilines is 1. The highest BCUT2D eigenvalue weighted by atomic mass is 16.2. The summed E-state index contributed by atoms with van der Waals surface area (Å²) < 4.78 is 0. The number of rotatable bonds is 4. The second-order valence-corrected chi connectivity index (χ2v) is 5.09. The fourth-order valence-electron chi connectivity index (χ4n) is 2.13. The van der Waals surface area contributed by atoms with Gasteiger partial charge in [0.1, 0.15) is 11.5 Å². The summed E-state index contributed by atoms with van der Waals surface area (Å²) in [5.41, 5.74) is 0.441. The maximum absolute atomic E-state index is 12.2. The van der Waals surface area contributed by atoms with E-state index in [-0.39, 0.29) is 5.91 Å². The third kappa shape index (κ3) is 3.66. The standard InChI is InChI=1S/C14H22N4O/c1-3-11(2)17-13-10-15-12(9-16-13)14(19)18-7-5-4-6-8-18/h9-11H,3-8H2,1-2H3,(H,16,17). The molecule has 5 heteroatoms. The molecule has 1 aliphatic rings.